The van der Waals surface area contributed by atoms with E-state index in [0.29, 0.717) is 17.2 Å². The van der Waals surface area contributed by atoms with Crippen LogP contribution >= 0.6 is 0 Å². The summed E-state index contributed by atoms with van der Waals surface area (Å²) in [5, 5.41) is 13.7. The Balaban J connectivity index is 1.54. The fourth-order valence-electron chi connectivity index (χ4n) is 3.12. The minimum absolute atomic E-state index is 0.0211. The van der Waals surface area contributed by atoms with Gasteiger partial charge < -0.3 is 5.32 Å². The molecule has 3 aromatic carbocycles. The third kappa shape index (κ3) is 4.44. The van der Waals surface area contributed by atoms with E-state index < -0.39 is 21.7 Å². The summed E-state index contributed by atoms with van der Waals surface area (Å²) in [6.45, 7) is 1.69. The molecule has 33 heavy (non-hydrogen) atoms. The predicted octanol–water partition coefficient (Wildman–Crippen LogP) is 3.19. The molecule has 4 aromatic rings. The molecule has 9 nitrogen and oxygen atoms in total. The van der Waals surface area contributed by atoms with Crippen molar-refractivity contribution in [3.63, 3.8) is 0 Å². The van der Waals surface area contributed by atoms with E-state index in [0.717, 1.165) is 4.31 Å². The number of para-hydroxylation sites is 1. The average molecular weight is 466 g/mol. The van der Waals surface area contributed by atoms with Gasteiger partial charge in [0.25, 0.3) is 15.9 Å². The summed E-state index contributed by atoms with van der Waals surface area (Å²) in [5.74, 6) is -0.738. The number of rotatable bonds is 6. The molecule has 168 valence electrons. The summed E-state index contributed by atoms with van der Waals surface area (Å²) in [4.78, 5) is 12.7. The minimum Gasteiger partial charge on any atom is -0.319 e. The highest BCUT2D eigenvalue weighted by molar-refractivity contribution is 7.92. The van der Waals surface area contributed by atoms with Crippen LogP contribution in [0.15, 0.2) is 77.7 Å². The minimum atomic E-state index is -3.81. The molecule has 11 heteroatoms. The molecular weight excluding hydrogens is 447 g/mol. The van der Waals surface area contributed by atoms with Gasteiger partial charge in [-0.25, -0.2) is 12.8 Å². The number of hydrogen-bond acceptors (Lipinski definition) is 6. The molecule has 0 atom stereocenters. The Morgan fingerprint density at radius 3 is 2.36 bits per heavy atom. The van der Waals surface area contributed by atoms with Gasteiger partial charge in [-0.3, -0.25) is 9.10 Å². The topological polar surface area (TPSA) is 110 Å². The number of aromatic nitrogens is 4. The third-order valence-corrected chi connectivity index (χ3v) is 6.76. The first-order valence-electron chi connectivity index (χ1n) is 9.77. The van der Waals surface area contributed by atoms with Crippen LogP contribution in [0.4, 0.5) is 15.8 Å². The molecule has 0 spiro atoms. The van der Waals surface area contributed by atoms with Crippen molar-refractivity contribution in [2.75, 3.05) is 16.7 Å². The lowest BCUT2D eigenvalue weighted by molar-refractivity contribution is 0.102. The molecule has 0 aliphatic heterocycles. The van der Waals surface area contributed by atoms with E-state index in [-0.39, 0.29) is 16.1 Å². The van der Waals surface area contributed by atoms with Crippen molar-refractivity contribution in [1.29, 1.82) is 0 Å². The number of amides is 1. The lowest BCUT2D eigenvalue weighted by Gasteiger charge is -2.19. The number of anilines is 2. The second-order valence-electron chi connectivity index (χ2n) is 7.09. The summed E-state index contributed by atoms with van der Waals surface area (Å²) in [5.41, 5.74) is 1.08. The summed E-state index contributed by atoms with van der Waals surface area (Å²) in [6.07, 6.45) is 0. The quantitative estimate of drug-likeness (QED) is 0.467. The lowest BCUT2D eigenvalue weighted by atomic mass is 10.2. The van der Waals surface area contributed by atoms with Crippen LogP contribution in [0, 0.1) is 12.7 Å². The fraction of sp³-hybridized carbons (Fsp3) is 0.0909. The Bertz CT molecular complexity index is 1410. The third-order valence-electron chi connectivity index (χ3n) is 4.96. The molecule has 0 saturated heterocycles. The maximum Gasteiger partial charge on any atom is 0.264 e. The summed E-state index contributed by atoms with van der Waals surface area (Å²) in [6, 6.07) is 18.1. The SMILES string of the molecule is Cc1nnnn1-c1ccc(F)c(NC(=O)c2ccc(S(=O)(=O)N(C)c3ccccc3)cc2)c1. The van der Waals surface area contributed by atoms with E-state index in [1.54, 1.807) is 37.3 Å². The normalized spacial score (nSPS) is 11.2. The standard InChI is InChI=1S/C22H19FN6O3S/c1-15-25-26-27-29(15)18-10-13-20(23)21(14-18)24-22(30)16-8-11-19(12-9-16)33(31,32)28(2)17-6-4-3-5-7-17/h3-14H,1-2H3,(H,24,30). The van der Waals surface area contributed by atoms with Gasteiger partial charge in [0.1, 0.15) is 5.82 Å². The molecule has 1 heterocycles. The average Bonchev–Trinajstić information content (AvgIpc) is 3.26. The van der Waals surface area contributed by atoms with E-state index in [2.05, 4.69) is 20.8 Å². The Kier molecular flexibility index (Phi) is 5.88. The predicted molar refractivity (Wildman–Crippen MR) is 120 cm³/mol. The maximum atomic E-state index is 14.3. The van der Waals surface area contributed by atoms with Gasteiger partial charge in [0.05, 0.1) is 22.0 Å². The van der Waals surface area contributed by atoms with Crippen molar-refractivity contribution < 1.29 is 17.6 Å². The van der Waals surface area contributed by atoms with Crippen LogP contribution in [0.2, 0.25) is 0 Å². The Morgan fingerprint density at radius 1 is 1.03 bits per heavy atom. The van der Waals surface area contributed by atoms with Gasteiger partial charge in [-0.05, 0) is 71.9 Å². The molecule has 0 bridgehead atoms. The van der Waals surface area contributed by atoms with Crippen LogP contribution in [0.1, 0.15) is 16.2 Å². The number of carbonyl (C=O) groups excluding carboxylic acids is 1. The van der Waals surface area contributed by atoms with Crippen molar-refractivity contribution in [1.82, 2.24) is 20.2 Å². The highest BCUT2D eigenvalue weighted by Gasteiger charge is 2.21. The molecule has 0 radical (unpaired) electrons. The Labute approximate surface area is 189 Å². The maximum absolute atomic E-state index is 14.3. The number of hydrogen-bond donors (Lipinski definition) is 1. The highest BCUT2D eigenvalue weighted by Crippen LogP contribution is 2.23. The highest BCUT2D eigenvalue weighted by atomic mass is 32.2. The first kappa shape index (κ1) is 22.1. The lowest BCUT2D eigenvalue weighted by Crippen LogP contribution is -2.26. The number of sulfonamides is 1. The zero-order valence-electron chi connectivity index (χ0n) is 17.7. The van der Waals surface area contributed by atoms with Gasteiger partial charge in [0.15, 0.2) is 5.82 Å². The van der Waals surface area contributed by atoms with Crippen LogP contribution in [-0.4, -0.2) is 41.6 Å². The van der Waals surface area contributed by atoms with Crippen LogP contribution < -0.4 is 9.62 Å². The fourth-order valence-corrected chi connectivity index (χ4v) is 4.31. The summed E-state index contributed by atoms with van der Waals surface area (Å²) in [7, 11) is -2.36. The van der Waals surface area contributed by atoms with E-state index in [1.807, 2.05) is 0 Å². The Morgan fingerprint density at radius 2 is 1.73 bits per heavy atom. The monoisotopic (exact) mass is 466 g/mol. The first-order chi connectivity index (χ1) is 15.8. The zero-order chi connectivity index (χ0) is 23.6. The van der Waals surface area contributed by atoms with Crippen LogP contribution in [-0.2, 0) is 10.0 Å². The number of aryl methyl sites for hydroxylation is 1. The molecule has 1 aromatic heterocycles. The van der Waals surface area contributed by atoms with Gasteiger partial charge in [-0.15, -0.1) is 5.10 Å². The van der Waals surface area contributed by atoms with Gasteiger partial charge in [0, 0.05) is 12.6 Å². The van der Waals surface area contributed by atoms with E-state index in [9.17, 15) is 17.6 Å². The molecule has 1 amide bonds. The number of benzene rings is 3. The largest absolute Gasteiger partial charge is 0.319 e. The Hall–Kier alpha value is -4.12. The number of tetrazole rings is 1. The second-order valence-corrected chi connectivity index (χ2v) is 9.06. The zero-order valence-corrected chi connectivity index (χ0v) is 18.5. The second kappa shape index (κ2) is 8.79. The van der Waals surface area contributed by atoms with E-state index in [4.69, 9.17) is 0 Å². The number of carbonyl (C=O) groups is 1. The van der Waals surface area contributed by atoms with Crippen LogP contribution in [0.5, 0.6) is 0 Å². The van der Waals surface area contributed by atoms with Crippen molar-refractivity contribution in [2.45, 2.75) is 11.8 Å². The van der Waals surface area contributed by atoms with Crippen LogP contribution in [0.3, 0.4) is 0 Å². The van der Waals surface area contributed by atoms with Crippen molar-refractivity contribution >= 4 is 27.3 Å². The molecule has 0 aliphatic carbocycles. The molecule has 0 unspecified atom stereocenters. The van der Waals surface area contributed by atoms with Crippen molar-refractivity contribution in [3.05, 3.63) is 90.0 Å². The van der Waals surface area contributed by atoms with Gasteiger partial charge in [-0.1, -0.05) is 18.2 Å². The molecule has 1 N–H and O–H groups in total. The van der Waals surface area contributed by atoms with E-state index >= 15 is 0 Å². The van der Waals surface area contributed by atoms with Crippen molar-refractivity contribution in [3.8, 4) is 5.69 Å². The number of nitrogens with zero attached hydrogens (tertiary/aromatic N) is 5. The first-order valence-corrected chi connectivity index (χ1v) is 11.2. The van der Waals surface area contributed by atoms with Gasteiger partial charge in [-0.2, -0.15) is 4.68 Å². The van der Waals surface area contributed by atoms with Crippen LogP contribution in [0.25, 0.3) is 5.69 Å². The van der Waals surface area contributed by atoms with Crippen molar-refractivity contribution in [2.24, 2.45) is 0 Å². The van der Waals surface area contributed by atoms with Gasteiger partial charge in [0.2, 0.25) is 0 Å². The summed E-state index contributed by atoms with van der Waals surface area (Å²) >= 11 is 0. The summed E-state index contributed by atoms with van der Waals surface area (Å²) < 4.78 is 42.6. The molecule has 0 aliphatic rings. The number of halogens is 1. The van der Waals surface area contributed by atoms with Gasteiger partial charge >= 0.3 is 0 Å². The smallest absolute Gasteiger partial charge is 0.264 e. The molecular formula is C22H19FN6O3S. The number of nitrogens with one attached hydrogen (secondary N) is 1. The molecule has 4 rings (SSSR count). The molecule has 0 saturated carbocycles. The van der Waals surface area contributed by atoms with E-state index in [1.165, 1.54) is 54.2 Å². The molecule has 0 fully saturated rings.